The van der Waals surface area contributed by atoms with Gasteiger partial charge in [-0.05, 0) is 44.4 Å². The predicted molar refractivity (Wildman–Crippen MR) is 71.7 cm³/mol. The van der Waals surface area contributed by atoms with Crippen LogP contribution in [0, 0.1) is 0 Å². The minimum absolute atomic E-state index is 0.603. The molecule has 1 aromatic rings. The van der Waals surface area contributed by atoms with Crippen LogP contribution < -0.4 is 10.2 Å². The monoisotopic (exact) mass is 238 g/mol. The topological polar surface area (TPSA) is 15.3 Å². The Hall–Kier alpha value is -0.890. The lowest BCUT2D eigenvalue weighted by molar-refractivity contribution is 0.485. The third-order valence-corrected chi connectivity index (χ3v) is 3.65. The van der Waals surface area contributed by atoms with Crippen LogP contribution in [-0.4, -0.2) is 19.6 Å². The van der Waals surface area contributed by atoms with E-state index in [1.54, 1.807) is 0 Å². The van der Waals surface area contributed by atoms with Crippen LogP contribution in [0.15, 0.2) is 18.2 Å². The number of nitrogens with zero attached hydrogens (tertiary/aromatic N) is 1. The lowest BCUT2D eigenvalue weighted by Crippen LogP contribution is -2.37. The first-order valence-electron chi connectivity index (χ1n) is 5.96. The van der Waals surface area contributed by atoms with Crippen molar-refractivity contribution in [2.24, 2.45) is 0 Å². The summed E-state index contributed by atoms with van der Waals surface area (Å²) in [5, 5.41) is 3.95. The molecule has 1 aromatic carbocycles. The van der Waals surface area contributed by atoms with Gasteiger partial charge >= 0.3 is 0 Å². The van der Waals surface area contributed by atoms with Gasteiger partial charge in [-0.2, -0.15) is 0 Å². The summed E-state index contributed by atoms with van der Waals surface area (Å²) in [7, 11) is 1.91. The Balaban J connectivity index is 2.25. The fourth-order valence-electron chi connectivity index (χ4n) is 2.35. The van der Waals surface area contributed by atoms with Crippen molar-refractivity contribution in [3.63, 3.8) is 0 Å². The second-order valence-electron chi connectivity index (χ2n) is 4.45. The smallest absolute Gasteiger partial charge is 0.0660 e. The van der Waals surface area contributed by atoms with Crippen LogP contribution in [0.2, 0.25) is 5.02 Å². The van der Waals surface area contributed by atoms with Gasteiger partial charge < -0.3 is 10.2 Å². The number of benzene rings is 1. The Labute approximate surface area is 103 Å². The van der Waals surface area contributed by atoms with Crippen LogP contribution in [-0.2, 0) is 0 Å². The van der Waals surface area contributed by atoms with Gasteiger partial charge in [-0.1, -0.05) is 11.6 Å². The normalized spacial score (nSPS) is 20.9. The molecule has 88 valence electrons. The van der Waals surface area contributed by atoms with Crippen molar-refractivity contribution < 1.29 is 0 Å². The molecule has 0 saturated carbocycles. The molecule has 0 radical (unpaired) electrons. The molecule has 1 saturated heterocycles. The van der Waals surface area contributed by atoms with Gasteiger partial charge in [0.15, 0.2) is 0 Å². The average Bonchev–Trinajstić information content (AvgIpc) is 2.30. The third-order valence-electron chi connectivity index (χ3n) is 3.35. The number of nitrogens with one attached hydrogen (secondary N) is 1. The average molecular weight is 239 g/mol. The van der Waals surface area contributed by atoms with Crippen LogP contribution in [0.25, 0.3) is 0 Å². The molecule has 2 rings (SSSR count). The molecule has 0 aliphatic carbocycles. The number of halogens is 1. The van der Waals surface area contributed by atoms with Crippen molar-refractivity contribution in [2.45, 2.75) is 32.2 Å². The summed E-state index contributed by atoms with van der Waals surface area (Å²) in [5.41, 5.74) is 2.24. The second-order valence-corrected chi connectivity index (χ2v) is 4.86. The maximum absolute atomic E-state index is 6.33. The quantitative estimate of drug-likeness (QED) is 0.844. The highest BCUT2D eigenvalue weighted by atomic mass is 35.5. The molecule has 0 amide bonds. The number of hydrogen-bond donors (Lipinski definition) is 1. The van der Waals surface area contributed by atoms with E-state index in [9.17, 15) is 0 Å². The van der Waals surface area contributed by atoms with Gasteiger partial charge in [0.1, 0.15) is 0 Å². The maximum Gasteiger partial charge on any atom is 0.0660 e. The summed E-state index contributed by atoms with van der Waals surface area (Å²) in [5.74, 6) is 0. The minimum Gasteiger partial charge on any atom is -0.388 e. The number of anilines is 2. The number of hydrogen-bond acceptors (Lipinski definition) is 2. The number of rotatable bonds is 2. The molecule has 1 N–H and O–H groups in total. The van der Waals surface area contributed by atoms with Gasteiger partial charge in [-0.25, -0.2) is 0 Å². The molecule has 0 aromatic heterocycles. The Morgan fingerprint density at radius 2 is 2.19 bits per heavy atom. The molecule has 1 heterocycles. The van der Waals surface area contributed by atoms with Crippen LogP contribution in [0.3, 0.4) is 0 Å². The predicted octanol–water partition coefficient (Wildman–Crippen LogP) is 3.76. The first kappa shape index (κ1) is 11.6. The van der Waals surface area contributed by atoms with Crippen molar-refractivity contribution in [3.8, 4) is 0 Å². The first-order valence-corrected chi connectivity index (χ1v) is 6.34. The van der Waals surface area contributed by atoms with E-state index >= 15 is 0 Å². The SMILES string of the molecule is CNc1ccc(N2CCCCC2C)c(Cl)c1. The fraction of sp³-hybridized carbons (Fsp3) is 0.538. The van der Waals surface area contributed by atoms with Crippen molar-refractivity contribution in [1.29, 1.82) is 0 Å². The van der Waals surface area contributed by atoms with E-state index in [0.29, 0.717) is 6.04 Å². The molecule has 1 aliphatic rings. The minimum atomic E-state index is 0.603. The molecule has 1 fully saturated rings. The standard InChI is InChI=1S/C13H19ClN2/c1-10-5-3-4-8-16(10)13-7-6-11(15-2)9-12(13)14/h6-7,9-10,15H,3-5,8H2,1-2H3. The lowest BCUT2D eigenvalue weighted by atomic mass is 10.0. The fourth-order valence-corrected chi connectivity index (χ4v) is 2.64. The molecule has 0 spiro atoms. The molecular weight excluding hydrogens is 220 g/mol. The molecule has 2 nitrogen and oxygen atoms in total. The van der Waals surface area contributed by atoms with Crippen molar-refractivity contribution in [3.05, 3.63) is 23.2 Å². The van der Waals surface area contributed by atoms with Gasteiger partial charge in [0, 0.05) is 25.3 Å². The summed E-state index contributed by atoms with van der Waals surface area (Å²) >= 11 is 6.33. The summed E-state index contributed by atoms with van der Waals surface area (Å²) in [4.78, 5) is 2.42. The maximum atomic E-state index is 6.33. The molecule has 1 atom stereocenters. The van der Waals surface area contributed by atoms with Crippen LogP contribution in [0.4, 0.5) is 11.4 Å². The summed E-state index contributed by atoms with van der Waals surface area (Å²) in [6.45, 7) is 3.40. The van der Waals surface area contributed by atoms with Gasteiger partial charge in [0.05, 0.1) is 10.7 Å². The molecule has 1 unspecified atom stereocenters. The van der Waals surface area contributed by atoms with E-state index in [1.165, 1.54) is 24.9 Å². The van der Waals surface area contributed by atoms with E-state index < -0.39 is 0 Å². The largest absolute Gasteiger partial charge is 0.388 e. The van der Waals surface area contributed by atoms with Gasteiger partial charge in [-0.3, -0.25) is 0 Å². The molecular formula is C13H19ClN2. The van der Waals surface area contributed by atoms with E-state index in [1.807, 2.05) is 13.1 Å². The van der Waals surface area contributed by atoms with E-state index in [0.717, 1.165) is 17.3 Å². The zero-order chi connectivity index (χ0) is 11.5. The Bertz CT molecular complexity index is 365. The van der Waals surface area contributed by atoms with E-state index in [2.05, 4.69) is 29.3 Å². The van der Waals surface area contributed by atoms with Crippen molar-refractivity contribution >= 4 is 23.0 Å². The van der Waals surface area contributed by atoms with E-state index in [4.69, 9.17) is 11.6 Å². The van der Waals surface area contributed by atoms with Crippen LogP contribution in [0.5, 0.6) is 0 Å². The summed E-state index contributed by atoms with van der Waals surface area (Å²) < 4.78 is 0. The first-order chi connectivity index (χ1) is 7.72. The summed E-state index contributed by atoms with van der Waals surface area (Å²) in [6, 6.07) is 6.81. The molecule has 3 heteroatoms. The van der Waals surface area contributed by atoms with Gasteiger partial charge in [-0.15, -0.1) is 0 Å². The zero-order valence-corrected chi connectivity index (χ0v) is 10.7. The number of piperidine rings is 1. The highest BCUT2D eigenvalue weighted by molar-refractivity contribution is 6.33. The second kappa shape index (κ2) is 4.96. The Morgan fingerprint density at radius 1 is 1.38 bits per heavy atom. The highest BCUT2D eigenvalue weighted by Gasteiger charge is 2.20. The Morgan fingerprint density at radius 3 is 2.81 bits per heavy atom. The van der Waals surface area contributed by atoms with Gasteiger partial charge in [0.25, 0.3) is 0 Å². The van der Waals surface area contributed by atoms with Crippen LogP contribution in [0.1, 0.15) is 26.2 Å². The van der Waals surface area contributed by atoms with Crippen molar-refractivity contribution in [2.75, 3.05) is 23.8 Å². The van der Waals surface area contributed by atoms with E-state index in [-0.39, 0.29) is 0 Å². The molecule has 0 bridgehead atoms. The van der Waals surface area contributed by atoms with Gasteiger partial charge in [0.2, 0.25) is 0 Å². The molecule has 16 heavy (non-hydrogen) atoms. The van der Waals surface area contributed by atoms with Crippen molar-refractivity contribution in [1.82, 2.24) is 0 Å². The highest BCUT2D eigenvalue weighted by Crippen LogP contribution is 2.32. The van der Waals surface area contributed by atoms with Crippen LogP contribution >= 0.6 is 11.6 Å². The summed E-state index contributed by atoms with van der Waals surface area (Å²) in [6.07, 6.45) is 3.88. The zero-order valence-electron chi connectivity index (χ0n) is 9.96. The molecule has 1 aliphatic heterocycles. The third kappa shape index (κ3) is 2.27. The lowest BCUT2D eigenvalue weighted by Gasteiger charge is -2.36. The Kier molecular flexibility index (Phi) is 3.59.